The molecule has 0 spiro atoms. The second kappa shape index (κ2) is 3.88. The maximum Gasteiger partial charge on any atom is 0.0522 e. The zero-order valence-corrected chi connectivity index (χ0v) is 10.2. The largest absolute Gasteiger partial charge is 0.297 e. The van der Waals surface area contributed by atoms with Crippen molar-refractivity contribution >= 4 is 0 Å². The molecule has 1 aliphatic heterocycles. The number of rotatable bonds is 1. The van der Waals surface area contributed by atoms with Gasteiger partial charge in [-0.05, 0) is 57.6 Å². The Balaban J connectivity index is 1.87. The molecule has 88 valence electrons. The first kappa shape index (κ1) is 10.3. The van der Waals surface area contributed by atoms with E-state index in [4.69, 9.17) is 0 Å². The van der Waals surface area contributed by atoms with Crippen molar-refractivity contribution in [3.8, 4) is 0 Å². The van der Waals surface area contributed by atoms with E-state index < -0.39 is 0 Å². The number of aromatic nitrogens is 2. The van der Waals surface area contributed by atoms with Gasteiger partial charge in [-0.2, -0.15) is 5.10 Å². The van der Waals surface area contributed by atoms with Crippen LogP contribution in [-0.2, 0) is 12.8 Å². The normalized spacial score (nSPS) is 30.2. The molecule has 3 heteroatoms. The van der Waals surface area contributed by atoms with Crippen LogP contribution in [0.1, 0.15) is 37.9 Å². The van der Waals surface area contributed by atoms with E-state index in [1.54, 1.807) is 0 Å². The lowest BCUT2D eigenvalue weighted by molar-refractivity contribution is 0.0577. The van der Waals surface area contributed by atoms with Gasteiger partial charge < -0.3 is 0 Å². The summed E-state index contributed by atoms with van der Waals surface area (Å²) in [6.07, 6.45) is 7.20. The van der Waals surface area contributed by atoms with E-state index in [0.717, 1.165) is 12.0 Å². The van der Waals surface area contributed by atoms with Crippen LogP contribution in [0.4, 0.5) is 0 Å². The van der Waals surface area contributed by atoms with Crippen molar-refractivity contribution in [3.05, 3.63) is 17.5 Å². The molecule has 0 aromatic carbocycles. The third-order valence-electron chi connectivity index (χ3n) is 4.33. The molecule has 1 fully saturated rings. The van der Waals surface area contributed by atoms with Gasteiger partial charge in [-0.25, -0.2) is 0 Å². The average Bonchev–Trinajstić information content (AvgIpc) is 2.71. The number of hydrogen-bond donors (Lipinski definition) is 1. The van der Waals surface area contributed by atoms with Crippen LogP contribution in [0.5, 0.6) is 0 Å². The van der Waals surface area contributed by atoms with E-state index in [1.807, 2.05) is 6.20 Å². The summed E-state index contributed by atoms with van der Waals surface area (Å²) in [7, 11) is 0. The first-order valence-corrected chi connectivity index (χ1v) is 6.52. The quantitative estimate of drug-likeness (QED) is 0.783. The summed E-state index contributed by atoms with van der Waals surface area (Å²) in [5.41, 5.74) is 2.85. The zero-order valence-electron chi connectivity index (χ0n) is 10.2. The number of fused-ring (bicyclic) bond motifs is 2. The van der Waals surface area contributed by atoms with E-state index in [2.05, 4.69) is 28.9 Å². The van der Waals surface area contributed by atoms with E-state index in [0.29, 0.717) is 6.04 Å². The summed E-state index contributed by atoms with van der Waals surface area (Å²) in [5, 5.41) is 7.35. The number of piperidine rings is 1. The van der Waals surface area contributed by atoms with Crippen LogP contribution in [-0.4, -0.2) is 33.7 Å². The molecule has 1 aromatic rings. The number of hydrogen-bond acceptors (Lipinski definition) is 2. The van der Waals surface area contributed by atoms with Crippen LogP contribution >= 0.6 is 0 Å². The van der Waals surface area contributed by atoms with E-state index in [9.17, 15) is 0 Å². The molecule has 3 rings (SSSR count). The molecule has 1 N–H and O–H groups in total. The standard InChI is InChI=1S/C13H21N3/c1-9(2)16-5-3-4-10-6-12-11(7-13(10)16)8-14-15-12/h8-10,13H,3-7H2,1-2H3,(H,14,15)/t10-,13-/m0/s1. The van der Waals surface area contributed by atoms with Gasteiger partial charge in [0.25, 0.3) is 0 Å². The van der Waals surface area contributed by atoms with Crippen LogP contribution < -0.4 is 0 Å². The minimum absolute atomic E-state index is 0.682. The van der Waals surface area contributed by atoms with Crippen LogP contribution in [0.25, 0.3) is 0 Å². The van der Waals surface area contributed by atoms with E-state index in [1.165, 1.54) is 43.5 Å². The molecule has 1 aromatic heterocycles. The minimum atomic E-state index is 0.682. The third kappa shape index (κ3) is 1.58. The molecule has 0 saturated carbocycles. The van der Waals surface area contributed by atoms with Crippen molar-refractivity contribution in [1.82, 2.24) is 15.1 Å². The fourth-order valence-corrected chi connectivity index (χ4v) is 3.51. The number of H-pyrrole nitrogens is 1. The molecular weight excluding hydrogens is 198 g/mol. The summed E-state index contributed by atoms with van der Waals surface area (Å²) in [6.45, 7) is 5.94. The number of aromatic amines is 1. The van der Waals surface area contributed by atoms with Gasteiger partial charge in [-0.3, -0.25) is 10.00 Å². The van der Waals surface area contributed by atoms with Crippen LogP contribution in [0.3, 0.4) is 0 Å². The highest BCUT2D eigenvalue weighted by atomic mass is 15.2. The van der Waals surface area contributed by atoms with Crippen molar-refractivity contribution in [2.75, 3.05) is 6.54 Å². The monoisotopic (exact) mass is 219 g/mol. The molecular formula is C13H21N3. The predicted molar refractivity (Wildman–Crippen MR) is 64.3 cm³/mol. The van der Waals surface area contributed by atoms with Crippen LogP contribution in [0, 0.1) is 5.92 Å². The van der Waals surface area contributed by atoms with Crippen molar-refractivity contribution in [1.29, 1.82) is 0 Å². The van der Waals surface area contributed by atoms with Gasteiger partial charge >= 0.3 is 0 Å². The second-order valence-electron chi connectivity index (χ2n) is 5.58. The fraction of sp³-hybridized carbons (Fsp3) is 0.769. The predicted octanol–water partition coefficient (Wildman–Crippen LogP) is 2.00. The maximum absolute atomic E-state index is 4.19. The average molecular weight is 219 g/mol. The Hall–Kier alpha value is -0.830. The first-order chi connectivity index (χ1) is 7.75. The lowest BCUT2D eigenvalue weighted by atomic mass is 9.77. The van der Waals surface area contributed by atoms with Crippen LogP contribution in [0.2, 0.25) is 0 Å². The van der Waals surface area contributed by atoms with Gasteiger partial charge in [-0.15, -0.1) is 0 Å². The molecule has 0 bridgehead atoms. The Morgan fingerprint density at radius 2 is 2.31 bits per heavy atom. The number of likely N-dealkylation sites (tertiary alicyclic amines) is 1. The smallest absolute Gasteiger partial charge is 0.0522 e. The molecule has 16 heavy (non-hydrogen) atoms. The van der Waals surface area contributed by atoms with Crippen LogP contribution in [0.15, 0.2) is 6.20 Å². The van der Waals surface area contributed by atoms with E-state index >= 15 is 0 Å². The summed E-state index contributed by atoms with van der Waals surface area (Å²) >= 11 is 0. The lowest BCUT2D eigenvalue weighted by Crippen LogP contribution is -2.51. The summed E-state index contributed by atoms with van der Waals surface area (Å²) < 4.78 is 0. The lowest BCUT2D eigenvalue weighted by Gasteiger charge is -2.45. The van der Waals surface area contributed by atoms with Crippen molar-refractivity contribution in [2.45, 2.75) is 51.6 Å². The van der Waals surface area contributed by atoms with Gasteiger partial charge in [-0.1, -0.05) is 0 Å². The van der Waals surface area contributed by atoms with Crippen molar-refractivity contribution in [3.63, 3.8) is 0 Å². The highest BCUT2D eigenvalue weighted by molar-refractivity contribution is 5.23. The van der Waals surface area contributed by atoms with Gasteiger partial charge in [0.05, 0.1) is 6.20 Å². The highest BCUT2D eigenvalue weighted by Crippen LogP contribution is 2.34. The summed E-state index contributed by atoms with van der Waals surface area (Å²) in [6, 6.07) is 1.44. The minimum Gasteiger partial charge on any atom is -0.297 e. The fourth-order valence-electron chi connectivity index (χ4n) is 3.51. The molecule has 3 nitrogen and oxygen atoms in total. The third-order valence-corrected chi connectivity index (χ3v) is 4.33. The maximum atomic E-state index is 4.19. The van der Waals surface area contributed by atoms with Gasteiger partial charge in [0, 0.05) is 17.8 Å². The highest BCUT2D eigenvalue weighted by Gasteiger charge is 2.36. The molecule has 0 radical (unpaired) electrons. The topological polar surface area (TPSA) is 31.9 Å². The molecule has 1 aliphatic carbocycles. The molecule has 2 aliphatic rings. The molecule has 2 atom stereocenters. The Bertz CT molecular complexity index is 369. The Morgan fingerprint density at radius 1 is 1.44 bits per heavy atom. The SMILES string of the molecule is CC(C)N1CCC[C@H]2Cc3[nH]ncc3C[C@@H]21. The second-order valence-corrected chi connectivity index (χ2v) is 5.58. The Kier molecular flexibility index (Phi) is 2.51. The van der Waals surface area contributed by atoms with E-state index in [-0.39, 0.29) is 0 Å². The Morgan fingerprint density at radius 3 is 3.12 bits per heavy atom. The zero-order chi connectivity index (χ0) is 11.1. The summed E-state index contributed by atoms with van der Waals surface area (Å²) in [5.74, 6) is 0.851. The van der Waals surface area contributed by atoms with Gasteiger partial charge in [0.1, 0.15) is 0 Å². The molecule has 0 amide bonds. The molecule has 0 unspecified atom stereocenters. The summed E-state index contributed by atoms with van der Waals surface area (Å²) in [4.78, 5) is 2.70. The Labute approximate surface area is 97.2 Å². The number of nitrogens with zero attached hydrogens (tertiary/aromatic N) is 2. The molecule has 2 heterocycles. The van der Waals surface area contributed by atoms with Gasteiger partial charge in [0.15, 0.2) is 0 Å². The molecule has 1 saturated heterocycles. The first-order valence-electron chi connectivity index (χ1n) is 6.52. The number of nitrogens with one attached hydrogen (secondary N) is 1. The van der Waals surface area contributed by atoms with Crippen molar-refractivity contribution in [2.24, 2.45) is 5.92 Å². The van der Waals surface area contributed by atoms with Crippen molar-refractivity contribution < 1.29 is 0 Å². The van der Waals surface area contributed by atoms with Gasteiger partial charge in [0.2, 0.25) is 0 Å².